The summed E-state index contributed by atoms with van der Waals surface area (Å²) in [5, 5.41) is 10.3. The standard InChI is InChI=1S/C18H20FN5O2/c1-25-15-8-12(19)9-16(26-7-3-5-20)18(15)14-10-17(24-23-14)22-13-4-2-6-21-11-13/h2,4,6,8-11H,3,5,7,20H2,1H3,(H2,22,23,24). The van der Waals surface area contributed by atoms with Gasteiger partial charge < -0.3 is 20.5 Å². The number of rotatable bonds is 8. The van der Waals surface area contributed by atoms with Crippen LogP contribution in [0.15, 0.2) is 42.7 Å². The third kappa shape index (κ3) is 4.09. The second-order valence-electron chi connectivity index (χ2n) is 5.51. The first kappa shape index (κ1) is 17.7. The van der Waals surface area contributed by atoms with E-state index in [1.54, 1.807) is 18.5 Å². The summed E-state index contributed by atoms with van der Waals surface area (Å²) in [6, 6.07) is 8.12. The van der Waals surface area contributed by atoms with E-state index < -0.39 is 5.82 Å². The molecule has 2 aromatic heterocycles. The normalized spacial score (nSPS) is 10.6. The molecule has 0 radical (unpaired) electrons. The van der Waals surface area contributed by atoms with Crippen LogP contribution in [-0.2, 0) is 0 Å². The Bertz CT molecular complexity index is 854. The molecule has 0 unspecified atom stereocenters. The van der Waals surface area contributed by atoms with Crippen LogP contribution < -0.4 is 20.5 Å². The monoisotopic (exact) mass is 357 g/mol. The van der Waals surface area contributed by atoms with Gasteiger partial charge >= 0.3 is 0 Å². The molecular weight excluding hydrogens is 337 g/mol. The largest absolute Gasteiger partial charge is 0.496 e. The number of nitrogens with zero attached hydrogens (tertiary/aromatic N) is 2. The number of nitrogens with one attached hydrogen (secondary N) is 2. The molecule has 0 atom stereocenters. The summed E-state index contributed by atoms with van der Waals surface area (Å²) in [7, 11) is 1.48. The van der Waals surface area contributed by atoms with Gasteiger partial charge in [0.25, 0.3) is 0 Å². The maximum atomic E-state index is 13.9. The summed E-state index contributed by atoms with van der Waals surface area (Å²) in [4.78, 5) is 4.05. The van der Waals surface area contributed by atoms with Gasteiger partial charge in [0.05, 0.1) is 36.9 Å². The van der Waals surface area contributed by atoms with Crippen molar-refractivity contribution in [2.75, 3.05) is 25.6 Å². The quantitative estimate of drug-likeness (QED) is 0.536. The predicted molar refractivity (Wildman–Crippen MR) is 97.2 cm³/mol. The smallest absolute Gasteiger partial charge is 0.152 e. The van der Waals surface area contributed by atoms with Crippen molar-refractivity contribution in [3.05, 3.63) is 48.5 Å². The Morgan fingerprint density at radius 1 is 1.27 bits per heavy atom. The molecule has 0 saturated carbocycles. The minimum absolute atomic E-state index is 0.351. The zero-order valence-electron chi connectivity index (χ0n) is 14.3. The van der Waals surface area contributed by atoms with Crippen molar-refractivity contribution in [1.29, 1.82) is 0 Å². The molecular formula is C18H20FN5O2. The van der Waals surface area contributed by atoms with Gasteiger partial charge in [-0.3, -0.25) is 10.1 Å². The number of halogens is 1. The first-order chi connectivity index (χ1) is 12.7. The van der Waals surface area contributed by atoms with Crippen LogP contribution in [0.25, 0.3) is 11.3 Å². The molecule has 0 amide bonds. The van der Waals surface area contributed by atoms with Crippen molar-refractivity contribution in [1.82, 2.24) is 15.2 Å². The molecule has 8 heteroatoms. The fourth-order valence-corrected chi connectivity index (χ4v) is 2.46. The molecule has 4 N–H and O–H groups in total. The topological polar surface area (TPSA) is 98.1 Å². The van der Waals surface area contributed by atoms with Crippen LogP contribution in [0.5, 0.6) is 11.5 Å². The molecule has 0 fully saturated rings. The fraction of sp³-hybridized carbons (Fsp3) is 0.222. The molecule has 0 aliphatic carbocycles. The number of methoxy groups -OCH3 is 1. The number of nitrogens with two attached hydrogens (primary N) is 1. The van der Waals surface area contributed by atoms with E-state index in [1.165, 1.54) is 19.2 Å². The summed E-state index contributed by atoms with van der Waals surface area (Å²) in [6.07, 6.45) is 4.04. The second kappa shape index (κ2) is 8.30. The maximum absolute atomic E-state index is 13.9. The van der Waals surface area contributed by atoms with Gasteiger partial charge in [-0.25, -0.2) is 4.39 Å². The summed E-state index contributed by atoms with van der Waals surface area (Å²) in [5.74, 6) is 0.866. The third-order valence-electron chi connectivity index (χ3n) is 3.64. The number of anilines is 2. The lowest BCUT2D eigenvalue weighted by Crippen LogP contribution is -2.07. The van der Waals surface area contributed by atoms with Crippen LogP contribution in [0.2, 0.25) is 0 Å². The Labute approximate surface area is 150 Å². The van der Waals surface area contributed by atoms with E-state index >= 15 is 0 Å². The zero-order valence-corrected chi connectivity index (χ0v) is 14.3. The van der Waals surface area contributed by atoms with Crippen molar-refractivity contribution >= 4 is 11.5 Å². The molecule has 3 rings (SSSR count). The first-order valence-corrected chi connectivity index (χ1v) is 8.14. The predicted octanol–water partition coefficient (Wildman–Crippen LogP) is 3.09. The molecule has 136 valence electrons. The SMILES string of the molecule is COc1cc(F)cc(OCCCN)c1-c1cc(Nc2cccnc2)n[nH]1. The first-order valence-electron chi connectivity index (χ1n) is 8.14. The van der Waals surface area contributed by atoms with Gasteiger partial charge in [0, 0.05) is 24.4 Å². The number of hydrogen-bond donors (Lipinski definition) is 3. The Kier molecular flexibility index (Phi) is 5.65. The number of H-pyrrole nitrogens is 1. The fourth-order valence-electron chi connectivity index (χ4n) is 2.46. The van der Waals surface area contributed by atoms with Crippen LogP contribution in [0.4, 0.5) is 15.9 Å². The van der Waals surface area contributed by atoms with E-state index in [0.29, 0.717) is 48.1 Å². The van der Waals surface area contributed by atoms with Crippen molar-refractivity contribution in [3.8, 4) is 22.8 Å². The highest BCUT2D eigenvalue weighted by Crippen LogP contribution is 2.39. The Balaban J connectivity index is 1.92. The zero-order chi connectivity index (χ0) is 18.4. The summed E-state index contributed by atoms with van der Waals surface area (Å²) in [5.41, 5.74) is 7.53. The van der Waals surface area contributed by atoms with E-state index in [1.807, 2.05) is 12.1 Å². The summed E-state index contributed by atoms with van der Waals surface area (Å²) < 4.78 is 24.9. The number of ether oxygens (including phenoxy) is 2. The maximum Gasteiger partial charge on any atom is 0.152 e. The number of pyridine rings is 1. The number of aromatic nitrogens is 3. The van der Waals surface area contributed by atoms with E-state index in [2.05, 4.69) is 20.5 Å². The number of aromatic amines is 1. The van der Waals surface area contributed by atoms with Gasteiger partial charge in [0.15, 0.2) is 5.82 Å². The number of benzene rings is 1. The molecule has 3 aromatic rings. The highest BCUT2D eigenvalue weighted by atomic mass is 19.1. The lowest BCUT2D eigenvalue weighted by Gasteiger charge is -2.14. The molecule has 7 nitrogen and oxygen atoms in total. The summed E-state index contributed by atoms with van der Waals surface area (Å²) in [6.45, 7) is 0.871. The molecule has 0 aliphatic heterocycles. The molecule has 26 heavy (non-hydrogen) atoms. The highest BCUT2D eigenvalue weighted by Gasteiger charge is 2.18. The highest BCUT2D eigenvalue weighted by molar-refractivity contribution is 5.76. The van der Waals surface area contributed by atoms with Crippen LogP contribution in [0, 0.1) is 5.82 Å². The van der Waals surface area contributed by atoms with Crippen molar-refractivity contribution < 1.29 is 13.9 Å². The Morgan fingerprint density at radius 3 is 2.85 bits per heavy atom. The molecule has 1 aromatic carbocycles. The van der Waals surface area contributed by atoms with Crippen molar-refractivity contribution in [2.24, 2.45) is 5.73 Å². The van der Waals surface area contributed by atoms with Crippen molar-refractivity contribution in [2.45, 2.75) is 6.42 Å². The van der Waals surface area contributed by atoms with Crippen LogP contribution in [0.3, 0.4) is 0 Å². The Morgan fingerprint density at radius 2 is 2.12 bits per heavy atom. The summed E-state index contributed by atoms with van der Waals surface area (Å²) >= 11 is 0. The molecule has 2 heterocycles. The van der Waals surface area contributed by atoms with Crippen LogP contribution in [0.1, 0.15) is 6.42 Å². The van der Waals surface area contributed by atoms with Gasteiger partial charge in [0.1, 0.15) is 17.3 Å². The molecule has 0 aliphatic rings. The van der Waals surface area contributed by atoms with Gasteiger partial charge in [0.2, 0.25) is 0 Å². The van der Waals surface area contributed by atoms with Gasteiger partial charge in [-0.1, -0.05) is 0 Å². The van der Waals surface area contributed by atoms with Crippen molar-refractivity contribution in [3.63, 3.8) is 0 Å². The third-order valence-corrected chi connectivity index (χ3v) is 3.64. The molecule has 0 bridgehead atoms. The lowest BCUT2D eigenvalue weighted by molar-refractivity contribution is 0.310. The average molecular weight is 357 g/mol. The Hall–Kier alpha value is -3.13. The van der Waals surface area contributed by atoms with E-state index in [4.69, 9.17) is 15.2 Å². The van der Waals surface area contributed by atoms with E-state index in [-0.39, 0.29) is 0 Å². The minimum Gasteiger partial charge on any atom is -0.496 e. The lowest BCUT2D eigenvalue weighted by atomic mass is 10.1. The average Bonchev–Trinajstić information content (AvgIpc) is 3.10. The van der Waals surface area contributed by atoms with Crippen LogP contribution in [-0.4, -0.2) is 35.4 Å². The minimum atomic E-state index is -0.443. The molecule has 0 saturated heterocycles. The van der Waals surface area contributed by atoms with E-state index in [0.717, 1.165) is 5.69 Å². The van der Waals surface area contributed by atoms with Gasteiger partial charge in [-0.05, 0) is 25.1 Å². The second-order valence-corrected chi connectivity index (χ2v) is 5.51. The van der Waals surface area contributed by atoms with Crippen LogP contribution >= 0.6 is 0 Å². The van der Waals surface area contributed by atoms with Gasteiger partial charge in [-0.2, -0.15) is 5.10 Å². The molecule has 0 spiro atoms. The van der Waals surface area contributed by atoms with Gasteiger partial charge in [-0.15, -0.1) is 0 Å². The number of hydrogen-bond acceptors (Lipinski definition) is 6. The van der Waals surface area contributed by atoms with E-state index in [9.17, 15) is 4.39 Å².